The maximum atomic E-state index is 13.1. The first-order chi connectivity index (χ1) is 14.4. The zero-order chi connectivity index (χ0) is 21.2. The molecule has 1 aliphatic heterocycles. The van der Waals surface area contributed by atoms with Gasteiger partial charge in [0.2, 0.25) is 5.91 Å². The second-order valence-electron chi connectivity index (χ2n) is 10.2. The molecule has 0 bridgehead atoms. The minimum atomic E-state index is -1.06. The van der Waals surface area contributed by atoms with Gasteiger partial charge in [0.1, 0.15) is 6.73 Å². The molecule has 5 nitrogen and oxygen atoms in total. The summed E-state index contributed by atoms with van der Waals surface area (Å²) in [5.41, 5.74) is 3.14. The highest BCUT2D eigenvalue weighted by molar-refractivity contribution is 6.76. The molecule has 0 atom stereocenters. The zero-order valence-electron chi connectivity index (χ0n) is 18.7. The van der Waals surface area contributed by atoms with Gasteiger partial charge >= 0.3 is 0 Å². The maximum Gasteiger partial charge on any atom is 0.233 e. The van der Waals surface area contributed by atoms with E-state index in [1.807, 2.05) is 22.0 Å². The minimum absolute atomic E-state index is 0.0759. The Kier molecular flexibility index (Phi) is 6.16. The first-order valence-corrected chi connectivity index (χ1v) is 15.1. The number of hydrogen-bond acceptors (Lipinski definition) is 3. The van der Waals surface area contributed by atoms with Gasteiger partial charge in [-0.3, -0.25) is 4.79 Å². The van der Waals surface area contributed by atoms with Gasteiger partial charge in [0.25, 0.3) is 0 Å². The molecule has 2 fully saturated rings. The van der Waals surface area contributed by atoms with E-state index in [0.717, 1.165) is 49.2 Å². The van der Waals surface area contributed by atoms with Crippen LogP contribution in [0, 0.1) is 5.41 Å². The van der Waals surface area contributed by atoms with E-state index in [4.69, 9.17) is 4.74 Å². The first-order valence-electron chi connectivity index (χ1n) is 11.4. The van der Waals surface area contributed by atoms with E-state index >= 15 is 0 Å². The highest BCUT2D eigenvalue weighted by Gasteiger charge is 2.47. The number of ether oxygens (including phenoxy) is 1. The lowest BCUT2D eigenvalue weighted by Gasteiger charge is -2.31. The molecule has 162 valence electrons. The summed E-state index contributed by atoms with van der Waals surface area (Å²) in [5, 5.41) is 4.43. The Hall–Kier alpha value is -1.92. The Labute approximate surface area is 181 Å². The Morgan fingerprint density at radius 1 is 1.03 bits per heavy atom. The van der Waals surface area contributed by atoms with Gasteiger partial charge in [0.15, 0.2) is 0 Å². The summed E-state index contributed by atoms with van der Waals surface area (Å²) in [6.07, 6.45) is 10.7. The first kappa shape index (κ1) is 21.3. The maximum absolute atomic E-state index is 13.1. The van der Waals surface area contributed by atoms with E-state index in [1.165, 1.54) is 25.3 Å². The quantitative estimate of drug-likeness (QED) is 0.432. The summed E-state index contributed by atoms with van der Waals surface area (Å²) in [7, 11) is -1.06. The van der Waals surface area contributed by atoms with Gasteiger partial charge in [0, 0.05) is 38.7 Å². The van der Waals surface area contributed by atoms with Gasteiger partial charge in [-0.25, -0.2) is 4.68 Å². The van der Waals surface area contributed by atoms with Crippen molar-refractivity contribution >= 4 is 19.7 Å². The number of amides is 1. The van der Waals surface area contributed by atoms with Crippen LogP contribution in [0.4, 0.5) is 5.69 Å². The molecule has 0 N–H and O–H groups in total. The fraction of sp³-hybridized carbons (Fsp3) is 0.583. The summed E-state index contributed by atoms with van der Waals surface area (Å²) in [6.45, 7) is 9.22. The van der Waals surface area contributed by atoms with Gasteiger partial charge in [-0.1, -0.05) is 51.0 Å². The van der Waals surface area contributed by atoms with Gasteiger partial charge in [0.05, 0.1) is 11.6 Å². The number of hydrogen-bond donors (Lipinski definition) is 0. The minimum Gasteiger partial charge on any atom is -0.360 e. The Morgan fingerprint density at radius 3 is 2.47 bits per heavy atom. The van der Waals surface area contributed by atoms with E-state index in [1.54, 1.807) is 0 Å². The standard InChI is InChI=1S/C24H35N3O2Si/c1-30(2,3)16-15-29-19-26-18-21(17-25-26)20-7-9-22(10-8-20)27-14-13-24(23(27)28)11-5-4-6-12-24/h7-10,17-18H,4-6,11-16,19H2,1-3H3. The van der Waals surface area contributed by atoms with Crippen molar-refractivity contribution in [2.75, 3.05) is 18.1 Å². The lowest BCUT2D eigenvalue weighted by molar-refractivity contribution is -0.127. The van der Waals surface area contributed by atoms with Crippen LogP contribution < -0.4 is 4.90 Å². The fourth-order valence-electron chi connectivity index (χ4n) is 4.71. The lowest BCUT2D eigenvalue weighted by atomic mass is 9.73. The number of carbonyl (C=O) groups excluding carboxylic acids is 1. The smallest absolute Gasteiger partial charge is 0.233 e. The molecule has 2 aliphatic rings. The van der Waals surface area contributed by atoms with Crippen LogP contribution in [0.5, 0.6) is 0 Å². The van der Waals surface area contributed by atoms with Crippen LogP contribution >= 0.6 is 0 Å². The second-order valence-corrected chi connectivity index (χ2v) is 15.8. The molecule has 1 aliphatic carbocycles. The third kappa shape index (κ3) is 4.70. The number of nitrogens with zero attached hydrogens (tertiary/aromatic N) is 3. The average Bonchev–Trinajstić information content (AvgIpc) is 3.32. The van der Waals surface area contributed by atoms with Crippen LogP contribution in [0.25, 0.3) is 11.1 Å². The van der Waals surface area contributed by atoms with Crippen LogP contribution in [0.3, 0.4) is 0 Å². The molecule has 1 aromatic carbocycles. The summed E-state index contributed by atoms with van der Waals surface area (Å²) in [4.78, 5) is 15.1. The van der Waals surface area contributed by atoms with Crippen LogP contribution in [0.2, 0.25) is 25.7 Å². The molecule has 1 saturated heterocycles. The summed E-state index contributed by atoms with van der Waals surface area (Å²) >= 11 is 0. The van der Waals surface area contributed by atoms with Crippen molar-refractivity contribution in [3.8, 4) is 11.1 Å². The highest BCUT2D eigenvalue weighted by Crippen LogP contribution is 2.46. The summed E-state index contributed by atoms with van der Waals surface area (Å²) < 4.78 is 7.64. The van der Waals surface area contributed by atoms with E-state index in [-0.39, 0.29) is 5.41 Å². The van der Waals surface area contributed by atoms with Crippen LogP contribution in [0.1, 0.15) is 38.5 Å². The third-order valence-electron chi connectivity index (χ3n) is 6.69. The second kappa shape index (κ2) is 8.67. The Morgan fingerprint density at radius 2 is 1.77 bits per heavy atom. The van der Waals surface area contributed by atoms with Gasteiger partial charge in [-0.05, 0) is 43.0 Å². The number of anilines is 1. The highest BCUT2D eigenvalue weighted by atomic mass is 28.3. The monoisotopic (exact) mass is 425 g/mol. The van der Waals surface area contributed by atoms with Crippen molar-refractivity contribution in [3.05, 3.63) is 36.7 Å². The third-order valence-corrected chi connectivity index (χ3v) is 8.39. The molecule has 4 rings (SSSR count). The van der Waals surface area contributed by atoms with Crippen molar-refractivity contribution in [1.82, 2.24) is 9.78 Å². The molecule has 1 spiro atoms. The van der Waals surface area contributed by atoms with Crippen molar-refractivity contribution in [3.63, 3.8) is 0 Å². The van der Waals surface area contributed by atoms with E-state index < -0.39 is 8.07 Å². The Bertz CT molecular complexity index is 863. The van der Waals surface area contributed by atoms with Crippen molar-refractivity contribution in [2.45, 2.75) is 70.9 Å². The average molecular weight is 426 g/mol. The van der Waals surface area contributed by atoms with Gasteiger partial charge in [-0.2, -0.15) is 5.10 Å². The molecule has 6 heteroatoms. The van der Waals surface area contributed by atoms with Crippen LogP contribution in [0.15, 0.2) is 36.7 Å². The number of aromatic nitrogens is 2. The molecule has 30 heavy (non-hydrogen) atoms. The van der Waals surface area contributed by atoms with E-state index in [0.29, 0.717) is 12.6 Å². The van der Waals surface area contributed by atoms with Crippen LogP contribution in [-0.4, -0.2) is 36.9 Å². The molecule has 0 radical (unpaired) electrons. The molecule has 0 unspecified atom stereocenters. The SMILES string of the molecule is C[Si](C)(C)CCOCn1cc(-c2ccc(N3CCC4(CCCCC4)C3=O)cc2)cn1. The van der Waals surface area contributed by atoms with E-state index in [2.05, 4.69) is 49.0 Å². The predicted molar refractivity (Wildman–Crippen MR) is 124 cm³/mol. The normalized spacial score (nSPS) is 19.0. The molecular formula is C24H35N3O2Si. The van der Waals surface area contributed by atoms with Crippen molar-refractivity contribution in [2.24, 2.45) is 5.41 Å². The van der Waals surface area contributed by atoms with Crippen molar-refractivity contribution < 1.29 is 9.53 Å². The number of rotatable bonds is 7. The molecule has 1 saturated carbocycles. The molecule has 2 heterocycles. The van der Waals surface area contributed by atoms with E-state index in [9.17, 15) is 4.79 Å². The van der Waals surface area contributed by atoms with Crippen LogP contribution in [-0.2, 0) is 16.3 Å². The Balaban J connectivity index is 1.36. The number of carbonyl (C=O) groups is 1. The zero-order valence-corrected chi connectivity index (χ0v) is 19.7. The lowest BCUT2D eigenvalue weighted by Crippen LogP contribution is -2.36. The van der Waals surface area contributed by atoms with Gasteiger partial charge < -0.3 is 9.64 Å². The predicted octanol–water partition coefficient (Wildman–Crippen LogP) is 5.55. The summed E-state index contributed by atoms with van der Waals surface area (Å²) in [6, 6.07) is 9.52. The fourth-order valence-corrected chi connectivity index (χ4v) is 5.47. The topological polar surface area (TPSA) is 47.4 Å². The number of benzene rings is 1. The largest absolute Gasteiger partial charge is 0.360 e. The van der Waals surface area contributed by atoms with Crippen molar-refractivity contribution in [1.29, 1.82) is 0 Å². The summed E-state index contributed by atoms with van der Waals surface area (Å²) in [5.74, 6) is 0.346. The molecule has 2 aromatic rings. The van der Waals surface area contributed by atoms with Gasteiger partial charge in [-0.15, -0.1) is 0 Å². The molecule has 1 aromatic heterocycles. The molecule has 1 amide bonds. The molecular weight excluding hydrogens is 390 g/mol.